The van der Waals surface area contributed by atoms with Crippen molar-refractivity contribution in [3.63, 3.8) is 0 Å². The molecule has 2 heterocycles. The van der Waals surface area contributed by atoms with Crippen molar-refractivity contribution in [2.45, 2.75) is 0 Å². The van der Waals surface area contributed by atoms with E-state index in [1.54, 1.807) is 7.11 Å². The van der Waals surface area contributed by atoms with E-state index in [0.29, 0.717) is 4.91 Å². The van der Waals surface area contributed by atoms with Gasteiger partial charge in [0, 0.05) is 6.07 Å². The molecule has 4 nitrogen and oxygen atoms in total. The van der Waals surface area contributed by atoms with Crippen molar-refractivity contribution in [2.24, 2.45) is 12.0 Å². The third-order valence-corrected chi connectivity index (χ3v) is 4.25. The van der Waals surface area contributed by atoms with Crippen molar-refractivity contribution in [3.8, 4) is 5.75 Å². The molecule has 0 N–H and O–H groups in total. The summed E-state index contributed by atoms with van der Waals surface area (Å²) in [5.74, 6) is 0.601. The van der Waals surface area contributed by atoms with E-state index >= 15 is 0 Å². The highest BCUT2D eigenvalue weighted by molar-refractivity contribution is 8.19. The number of methoxy groups -OCH3 is 1. The number of benzene rings is 1. The number of amides is 1. The van der Waals surface area contributed by atoms with Crippen LogP contribution in [0.25, 0.3) is 6.08 Å². The minimum atomic E-state index is -0.192. The molecule has 1 aromatic heterocycles. The van der Waals surface area contributed by atoms with Crippen LogP contribution in [0.2, 0.25) is 0 Å². The lowest BCUT2D eigenvalue weighted by molar-refractivity contribution is -0.671. The molecule has 0 saturated heterocycles. The van der Waals surface area contributed by atoms with Crippen LogP contribution in [0.3, 0.4) is 0 Å². The molecule has 0 spiro atoms. The van der Waals surface area contributed by atoms with Crippen molar-refractivity contribution in [3.05, 3.63) is 64.8 Å². The summed E-state index contributed by atoms with van der Waals surface area (Å²) in [7, 11) is 3.57. The van der Waals surface area contributed by atoms with E-state index in [9.17, 15) is 4.79 Å². The van der Waals surface area contributed by atoms with Crippen LogP contribution in [0.1, 0.15) is 11.1 Å². The van der Waals surface area contributed by atoms with Gasteiger partial charge in [0.15, 0.2) is 12.4 Å². The van der Waals surface area contributed by atoms with Gasteiger partial charge in [-0.3, -0.25) is 4.79 Å². The highest BCUT2D eigenvalue weighted by Crippen LogP contribution is 2.31. The molecule has 0 bridgehead atoms. The summed E-state index contributed by atoms with van der Waals surface area (Å²) in [5, 5.41) is 0.737. The number of hydrogen-bond donors (Lipinski definition) is 0. The summed E-state index contributed by atoms with van der Waals surface area (Å²) < 4.78 is 7.07. The number of carbonyl (C=O) groups is 1. The molecule has 118 valence electrons. The zero-order chi connectivity index (χ0) is 15.5. The van der Waals surface area contributed by atoms with Gasteiger partial charge in [0.05, 0.1) is 17.6 Å². The van der Waals surface area contributed by atoms with Crippen molar-refractivity contribution >= 4 is 28.8 Å². The Hall–Kier alpha value is -1.67. The number of ether oxygens (including phenoxy) is 1. The van der Waals surface area contributed by atoms with Crippen LogP contribution in [0.15, 0.2) is 58.7 Å². The third kappa shape index (κ3) is 4.20. The fraction of sp³-hybridized carbons (Fsp3) is 0.118. The first kappa shape index (κ1) is 17.7. The zero-order valence-corrected chi connectivity index (χ0v) is 15.7. The average Bonchev–Trinajstić information content (AvgIpc) is 2.89. The molecule has 1 aliphatic heterocycles. The smallest absolute Gasteiger partial charge is 0.284 e. The molecular weight excluding hydrogens is 423 g/mol. The van der Waals surface area contributed by atoms with Gasteiger partial charge < -0.3 is 28.7 Å². The molecule has 1 aromatic carbocycles. The normalized spacial score (nSPS) is 15.3. The summed E-state index contributed by atoms with van der Waals surface area (Å²) in [4.78, 5) is 16.8. The van der Waals surface area contributed by atoms with E-state index in [-0.39, 0.29) is 29.9 Å². The highest BCUT2D eigenvalue weighted by atomic mass is 127. The van der Waals surface area contributed by atoms with Crippen molar-refractivity contribution < 1.29 is 38.1 Å². The van der Waals surface area contributed by atoms with Crippen LogP contribution in [0, 0.1) is 0 Å². The highest BCUT2D eigenvalue weighted by Gasteiger charge is 2.24. The summed E-state index contributed by atoms with van der Waals surface area (Å²) in [5.41, 5.74) is 1.90. The predicted octanol–water partition coefficient (Wildman–Crippen LogP) is -0.415. The summed E-state index contributed by atoms with van der Waals surface area (Å²) in [6.07, 6.45) is 5.75. The van der Waals surface area contributed by atoms with Gasteiger partial charge >= 0.3 is 0 Å². The number of aliphatic imine (C=N–C) groups is 1. The first-order chi connectivity index (χ1) is 10.7. The Balaban J connectivity index is 0.00000192. The monoisotopic (exact) mass is 438 g/mol. The number of thioether (sulfide) groups is 1. The Morgan fingerprint density at radius 2 is 1.96 bits per heavy atom. The van der Waals surface area contributed by atoms with Gasteiger partial charge in [0.1, 0.15) is 17.8 Å². The Morgan fingerprint density at radius 1 is 1.22 bits per heavy atom. The Labute approximate surface area is 156 Å². The second-order valence-electron chi connectivity index (χ2n) is 4.86. The SMILES string of the molecule is COc1ccc(/C=C2\SC(c3ccc[n+](C)c3)=NC2=O)cc1.[I-]. The van der Waals surface area contributed by atoms with Crippen LogP contribution < -0.4 is 33.3 Å². The largest absolute Gasteiger partial charge is 1.00 e. The number of carbonyl (C=O) groups excluding carboxylic acids is 1. The van der Waals surface area contributed by atoms with E-state index in [1.165, 1.54) is 11.8 Å². The molecule has 6 heteroatoms. The van der Waals surface area contributed by atoms with Gasteiger partial charge in [-0.05, 0) is 29.8 Å². The molecule has 1 amide bonds. The number of hydrogen-bond acceptors (Lipinski definition) is 3. The van der Waals surface area contributed by atoms with Gasteiger partial charge in [0.2, 0.25) is 0 Å². The standard InChI is InChI=1S/C17H15N2O2S.HI/c1-19-9-3-4-13(11-19)17-18-16(20)15(22-17)10-12-5-7-14(21-2)8-6-12;/h3-11H,1-2H3;1H/q+1;/p-1/b15-10-;. The van der Waals surface area contributed by atoms with Gasteiger partial charge in [0.25, 0.3) is 5.91 Å². The van der Waals surface area contributed by atoms with Crippen LogP contribution in [-0.4, -0.2) is 18.1 Å². The van der Waals surface area contributed by atoms with E-state index in [4.69, 9.17) is 4.74 Å². The number of nitrogens with zero attached hydrogens (tertiary/aromatic N) is 2. The number of aromatic nitrogens is 1. The van der Waals surface area contributed by atoms with Crippen molar-refractivity contribution in [1.29, 1.82) is 0 Å². The van der Waals surface area contributed by atoms with Crippen LogP contribution >= 0.6 is 11.8 Å². The maximum absolute atomic E-state index is 12.1. The summed E-state index contributed by atoms with van der Waals surface area (Å²) in [6.45, 7) is 0. The second-order valence-corrected chi connectivity index (χ2v) is 5.89. The van der Waals surface area contributed by atoms with Crippen LogP contribution in [0.4, 0.5) is 0 Å². The third-order valence-electron chi connectivity index (χ3n) is 3.22. The summed E-state index contributed by atoms with van der Waals surface area (Å²) in [6, 6.07) is 11.5. The number of halogens is 1. The quantitative estimate of drug-likeness (QED) is 0.372. The molecule has 23 heavy (non-hydrogen) atoms. The molecule has 1 aliphatic rings. The molecule has 0 radical (unpaired) electrons. The van der Waals surface area contributed by atoms with Crippen LogP contribution in [-0.2, 0) is 11.8 Å². The van der Waals surface area contributed by atoms with E-state index in [0.717, 1.165) is 21.9 Å². The Morgan fingerprint density at radius 3 is 2.61 bits per heavy atom. The average molecular weight is 438 g/mol. The van der Waals surface area contributed by atoms with Crippen molar-refractivity contribution in [2.75, 3.05) is 7.11 Å². The lowest BCUT2D eigenvalue weighted by Crippen LogP contribution is -3.00. The van der Waals surface area contributed by atoms with Gasteiger partial charge in [-0.15, -0.1) is 0 Å². The fourth-order valence-electron chi connectivity index (χ4n) is 2.10. The molecule has 0 atom stereocenters. The molecular formula is C17H15IN2O2S. The van der Waals surface area contributed by atoms with E-state index in [1.807, 2.05) is 66.5 Å². The minimum Gasteiger partial charge on any atom is -1.00 e. The molecule has 2 aromatic rings. The first-order valence-corrected chi connectivity index (χ1v) is 7.59. The van der Waals surface area contributed by atoms with E-state index in [2.05, 4.69) is 4.99 Å². The zero-order valence-electron chi connectivity index (χ0n) is 12.7. The topological polar surface area (TPSA) is 42.5 Å². The Bertz CT molecular complexity index is 785. The lowest BCUT2D eigenvalue weighted by atomic mass is 10.2. The number of pyridine rings is 1. The molecule has 0 aliphatic carbocycles. The predicted molar refractivity (Wildman–Crippen MR) is 87.7 cm³/mol. The maximum atomic E-state index is 12.1. The molecule has 0 unspecified atom stereocenters. The number of rotatable bonds is 3. The van der Waals surface area contributed by atoms with E-state index < -0.39 is 0 Å². The van der Waals surface area contributed by atoms with Gasteiger partial charge in [-0.25, -0.2) is 9.56 Å². The lowest BCUT2D eigenvalue weighted by Gasteiger charge is -2.00. The second kappa shape index (κ2) is 7.74. The van der Waals surface area contributed by atoms with Gasteiger partial charge in [-0.1, -0.05) is 23.9 Å². The number of aryl methyl sites for hydroxylation is 1. The maximum Gasteiger partial charge on any atom is 0.284 e. The molecule has 3 rings (SSSR count). The first-order valence-electron chi connectivity index (χ1n) is 6.78. The molecule has 0 saturated carbocycles. The van der Waals surface area contributed by atoms with Crippen LogP contribution in [0.5, 0.6) is 5.75 Å². The summed E-state index contributed by atoms with van der Waals surface area (Å²) >= 11 is 1.40. The Kier molecular flexibility index (Phi) is 5.95. The minimum absolute atomic E-state index is 0. The fourth-order valence-corrected chi connectivity index (χ4v) is 3.00. The molecule has 0 fully saturated rings. The van der Waals surface area contributed by atoms with Gasteiger partial charge in [-0.2, -0.15) is 0 Å². The van der Waals surface area contributed by atoms with Crippen molar-refractivity contribution in [1.82, 2.24) is 0 Å².